The highest BCUT2D eigenvalue weighted by Crippen LogP contribution is 2.24. The maximum atomic E-state index is 12.8. The van der Waals surface area contributed by atoms with Gasteiger partial charge < -0.3 is 0 Å². The van der Waals surface area contributed by atoms with Crippen molar-refractivity contribution in [1.82, 2.24) is 4.90 Å². The number of rotatable bonds is 3. The highest BCUT2D eigenvalue weighted by atomic mass is 16.1. The highest BCUT2D eigenvalue weighted by molar-refractivity contribution is 6.02. The van der Waals surface area contributed by atoms with E-state index in [2.05, 4.69) is 18.7 Å². The van der Waals surface area contributed by atoms with Gasteiger partial charge >= 0.3 is 0 Å². The minimum atomic E-state index is -0.391. The Bertz CT molecular complexity index is 442. The van der Waals surface area contributed by atoms with Crippen LogP contribution >= 0.6 is 0 Å². The molecule has 1 aliphatic rings. The first-order valence-electron chi connectivity index (χ1n) is 7.38. The summed E-state index contributed by atoms with van der Waals surface area (Å²) in [5, 5.41) is 0. The van der Waals surface area contributed by atoms with Crippen molar-refractivity contribution in [3.63, 3.8) is 0 Å². The second-order valence-corrected chi connectivity index (χ2v) is 6.16. The van der Waals surface area contributed by atoms with Crippen molar-refractivity contribution in [3.05, 3.63) is 35.4 Å². The smallest absolute Gasteiger partial charge is 0.182 e. The van der Waals surface area contributed by atoms with Crippen molar-refractivity contribution in [2.24, 2.45) is 0 Å². The fourth-order valence-corrected chi connectivity index (χ4v) is 2.91. The van der Waals surface area contributed by atoms with Crippen LogP contribution < -0.4 is 0 Å². The Morgan fingerprint density at radius 2 is 1.74 bits per heavy atom. The summed E-state index contributed by atoms with van der Waals surface area (Å²) in [6.07, 6.45) is 5.02. The van der Waals surface area contributed by atoms with Gasteiger partial charge in [-0.15, -0.1) is 0 Å². The van der Waals surface area contributed by atoms with Crippen molar-refractivity contribution in [2.75, 3.05) is 13.1 Å². The van der Waals surface area contributed by atoms with Gasteiger partial charge in [-0.25, -0.2) is 0 Å². The van der Waals surface area contributed by atoms with Crippen molar-refractivity contribution in [2.45, 2.75) is 52.0 Å². The van der Waals surface area contributed by atoms with Crippen LogP contribution in [0.1, 0.15) is 55.5 Å². The summed E-state index contributed by atoms with van der Waals surface area (Å²) in [6.45, 7) is 8.27. The lowest BCUT2D eigenvalue weighted by atomic mass is 9.90. The molecule has 1 saturated heterocycles. The molecule has 0 amide bonds. The van der Waals surface area contributed by atoms with Crippen molar-refractivity contribution >= 4 is 5.78 Å². The van der Waals surface area contributed by atoms with E-state index >= 15 is 0 Å². The molecule has 1 aromatic rings. The van der Waals surface area contributed by atoms with E-state index in [1.165, 1.54) is 25.7 Å². The van der Waals surface area contributed by atoms with E-state index in [1.54, 1.807) is 0 Å². The number of ketones is 1. The van der Waals surface area contributed by atoms with Crippen LogP contribution in [0.5, 0.6) is 0 Å². The molecule has 1 aliphatic heterocycles. The molecule has 1 heterocycles. The van der Waals surface area contributed by atoms with Gasteiger partial charge in [0, 0.05) is 5.56 Å². The van der Waals surface area contributed by atoms with E-state index in [0.717, 1.165) is 24.2 Å². The molecule has 0 aromatic heterocycles. The lowest BCUT2D eigenvalue weighted by Crippen LogP contribution is -2.50. The number of hydrogen-bond acceptors (Lipinski definition) is 2. The van der Waals surface area contributed by atoms with Crippen LogP contribution in [0.4, 0.5) is 0 Å². The Labute approximate surface area is 116 Å². The maximum absolute atomic E-state index is 12.8. The number of hydrogen-bond donors (Lipinski definition) is 0. The van der Waals surface area contributed by atoms with Crippen LogP contribution in [0, 0.1) is 6.92 Å². The quantitative estimate of drug-likeness (QED) is 0.769. The first kappa shape index (κ1) is 14.3. The Balaban J connectivity index is 2.20. The SMILES string of the molecule is Cc1cccc(C(=O)C(C)(C)N2CCCCCC2)c1. The van der Waals surface area contributed by atoms with Gasteiger partial charge in [0.05, 0.1) is 5.54 Å². The zero-order chi connectivity index (χ0) is 13.9. The maximum Gasteiger partial charge on any atom is 0.182 e. The predicted octanol–water partition coefficient (Wildman–Crippen LogP) is 3.83. The van der Waals surface area contributed by atoms with Crippen LogP contribution in [0.25, 0.3) is 0 Å². The lowest BCUT2D eigenvalue weighted by Gasteiger charge is -2.36. The topological polar surface area (TPSA) is 20.3 Å². The van der Waals surface area contributed by atoms with E-state index < -0.39 is 5.54 Å². The molecule has 0 atom stereocenters. The van der Waals surface area contributed by atoms with Crippen molar-refractivity contribution in [1.29, 1.82) is 0 Å². The first-order chi connectivity index (χ1) is 9.01. The second kappa shape index (κ2) is 5.87. The predicted molar refractivity (Wildman–Crippen MR) is 79.6 cm³/mol. The van der Waals surface area contributed by atoms with Crippen molar-refractivity contribution in [3.8, 4) is 0 Å². The monoisotopic (exact) mass is 259 g/mol. The van der Waals surface area contributed by atoms with E-state index in [0.29, 0.717) is 0 Å². The molecule has 0 saturated carbocycles. The Morgan fingerprint density at radius 3 is 2.32 bits per heavy atom. The Kier molecular flexibility index (Phi) is 4.41. The molecule has 1 fully saturated rings. The molecule has 0 N–H and O–H groups in total. The minimum Gasteiger partial charge on any atom is -0.292 e. The van der Waals surface area contributed by atoms with Crippen LogP contribution in [0.3, 0.4) is 0 Å². The Hall–Kier alpha value is -1.15. The van der Waals surface area contributed by atoms with E-state index in [1.807, 2.05) is 31.2 Å². The van der Waals surface area contributed by atoms with Crippen LogP contribution in [0.2, 0.25) is 0 Å². The summed E-state index contributed by atoms with van der Waals surface area (Å²) < 4.78 is 0. The average molecular weight is 259 g/mol. The fourth-order valence-electron chi connectivity index (χ4n) is 2.91. The third-order valence-electron chi connectivity index (χ3n) is 4.23. The minimum absolute atomic E-state index is 0.248. The number of likely N-dealkylation sites (tertiary alicyclic amines) is 1. The average Bonchev–Trinajstić information content (AvgIpc) is 2.67. The first-order valence-corrected chi connectivity index (χ1v) is 7.38. The highest BCUT2D eigenvalue weighted by Gasteiger charge is 2.35. The molecule has 2 heteroatoms. The van der Waals surface area contributed by atoms with Gasteiger partial charge in [-0.3, -0.25) is 9.69 Å². The largest absolute Gasteiger partial charge is 0.292 e. The van der Waals surface area contributed by atoms with Crippen LogP contribution in [-0.4, -0.2) is 29.3 Å². The normalized spacial score (nSPS) is 18.1. The number of carbonyl (C=O) groups excluding carboxylic acids is 1. The van der Waals surface area contributed by atoms with E-state index in [-0.39, 0.29) is 5.78 Å². The molecular formula is C17H25NO. The van der Waals surface area contributed by atoms with E-state index in [9.17, 15) is 4.79 Å². The number of carbonyl (C=O) groups is 1. The van der Waals surface area contributed by atoms with Gasteiger partial charge in [0.1, 0.15) is 0 Å². The third-order valence-corrected chi connectivity index (χ3v) is 4.23. The zero-order valence-electron chi connectivity index (χ0n) is 12.4. The molecule has 19 heavy (non-hydrogen) atoms. The lowest BCUT2D eigenvalue weighted by molar-refractivity contribution is 0.0649. The number of benzene rings is 1. The number of nitrogens with zero attached hydrogens (tertiary/aromatic N) is 1. The molecule has 104 valence electrons. The van der Waals surface area contributed by atoms with Crippen LogP contribution in [0.15, 0.2) is 24.3 Å². The van der Waals surface area contributed by atoms with Gasteiger partial charge in [0.25, 0.3) is 0 Å². The zero-order valence-corrected chi connectivity index (χ0v) is 12.4. The summed E-state index contributed by atoms with van der Waals surface area (Å²) in [5.41, 5.74) is 1.60. The molecule has 0 spiro atoms. The summed E-state index contributed by atoms with van der Waals surface area (Å²) >= 11 is 0. The third kappa shape index (κ3) is 3.24. The van der Waals surface area contributed by atoms with Gasteiger partial charge in [-0.2, -0.15) is 0 Å². The molecule has 2 rings (SSSR count). The molecule has 0 aliphatic carbocycles. The van der Waals surface area contributed by atoms with E-state index in [4.69, 9.17) is 0 Å². The Morgan fingerprint density at radius 1 is 1.11 bits per heavy atom. The molecule has 0 radical (unpaired) electrons. The molecular weight excluding hydrogens is 234 g/mol. The molecule has 0 bridgehead atoms. The second-order valence-electron chi connectivity index (χ2n) is 6.16. The summed E-state index contributed by atoms with van der Waals surface area (Å²) in [7, 11) is 0. The number of aryl methyl sites for hydroxylation is 1. The molecule has 0 unspecified atom stereocenters. The standard InChI is InChI=1S/C17H25NO/c1-14-9-8-10-15(13-14)16(19)17(2,3)18-11-6-4-5-7-12-18/h8-10,13H,4-7,11-12H2,1-3H3. The summed E-state index contributed by atoms with van der Waals surface area (Å²) in [5.74, 6) is 0.248. The summed E-state index contributed by atoms with van der Waals surface area (Å²) in [4.78, 5) is 15.2. The van der Waals surface area contributed by atoms with Gasteiger partial charge in [0.2, 0.25) is 0 Å². The number of Topliss-reactive ketones (excluding diaryl/α,β-unsaturated/α-hetero) is 1. The van der Waals surface area contributed by atoms with Gasteiger partial charge in [-0.05, 0) is 52.8 Å². The fraction of sp³-hybridized carbons (Fsp3) is 0.588. The van der Waals surface area contributed by atoms with Crippen molar-refractivity contribution < 1.29 is 4.79 Å². The molecule has 1 aromatic carbocycles. The van der Waals surface area contributed by atoms with Crippen LogP contribution in [-0.2, 0) is 0 Å². The molecule has 2 nitrogen and oxygen atoms in total. The van der Waals surface area contributed by atoms with Gasteiger partial charge in [-0.1, -0.05) is 36.6 Å². The van der Waals surface area contributed by atoms with Gasteiger partial charge in [0.15, 0.2) is 5.78 Å². The summed E-state index contributed by atoms with van der Waals surface area (Å²) in [6, 6.07) is 7.95.